The van der Waals surface area contributed by atoms with Crippen molar-refractivity contribution in [1.82, 2.24) is 4.90 Å². The van der Waals surface area contributed by atoms with Gasteiger partial charge in [-0.1, -0.05) is 13.8 Å². The maximum absolute atomic E-state index is 5.97. The summed E-state index contributed by atoms with van der Waals surface area (Å²) in [7, 11) is 2.19. The first kappa shape index (κ1) is 14.7. The fraction of sp³-hybridized carbons (Fsp3) is 0.714. The fourth-order valence-electron chi connectivity index (χ4n) is 1.90. The molecule has 0 aliphatic heterocycles. The van der Waals surface area contributed by atoms with Crippen molar-refractivity contribution in [1.29, 1.82) is 0 Å². The summed E-state index contributed by atoms with van der Waals surface area (Å²) in [5.41, 5.74) is 6.17. The van der Waals surface area contributed by atoms with Crippen LogP contribution in [0.3, 0.4) is 0 Å². The molecule has 0 saturated carbocycles. The van der Waals surface area contributed by atoms with Gasteiger partial charge >= 0.3 is 0 Å². The van der Waals surface area contributed by atoms with Crippen molar-refractivity contribution < 1.29 is 0 Å². The zero-order chi connectivity index (χ0) is 13.1. The standard InChI is InChI=1S/C14H26N2S/c1-6-11-8-9-13(17-11)12(10-15)16(5)14(3,4)7-2/h8-9,12H,6-7,10,15H2,1-5H3. The van der Waals surface area contributed by atoms with Gasteiger partial charge in [-0.15, -0.1) is 11.3 Å². The summed E-state index contributed by atoms with van der Waals surface area (Å²) >= 11 is 1.90. The van der Waals surface area contributed by atoms with Crippen LogP contribution in [0, 0.1) is 0 Å². The van der Waals surface area contributed by atoms with Gasteiger partial charge in [0.25, 0.3) is 0 Å². The minimum atomic E-state index is 0.195. The van der Waals surface area contributed by atoms with E-state index in [2.05, 4.69) is 51.8 Å². The summed E-state index contributed by atoms with van der Waals surface area (Å²) in [6, 6.07) is 4.81. The second-order valence-electron chi connectivity index (χ2n) is 5.19. The second kappa shape index (κ2) is 5.98. The van der Waals surface area contributed by atoms with Gasteiger partial charge in [0.1, 0.15) is 0 Å². The normalized spacial score (nSPS) is 14.3. The third-order valence-corrected chi connectivity index (χ3v) is 5.20. The summed E-state index contributed by atoms with van der Waals surface area (Å²) in [5.74, 6) is 0. The molecule has 1 rings (SSSR count). The Balaban J connectivity index is 2.91. The number of aryl methyl sites for hydroxylation is 1. The fourth-order valence-corrected chi connectivity index (χ4v) is 3.01. The van der Waals surface area contributed by atoms with Crippen LogP contribution in [-0.4, -0.2) is 24.0 Å². The molecular formula is C14H26N2S. The molecule has 0 aromatic carbocycles. The van der Waals surface area contributed by atoms with Crippen molar-refractivity contribution in [3.8, 4) is 0 Å². The molecule has 1 heterocycles. The Bertz CT molecular complexity index is 344. The smallest absolute Gasteiger partial charge is 0.0566 e. The van der Waals surface area contributed by atoms with Crippen molar-refractivity contribution in [3.05, 3.63) is 21.9 Å². The van der Waals surface area contributed by atoms with Crippen molar-refractivity contribution in [2.75, 3.05) is 13.6 Å². The molecule has 1 aromatic rings. The van der Waals surface area contributed by atoms with Crippen LogP contribution in [0.5, 0.6) is 0 Å². The summed E-state index contributed by atoms with van der Waals surface area (Å²) in [6.07, 6.45) is 2.24. The average molecular weight is 254 g/mol. The highest BCUT2D eigenvalue weighted by Gasteiger charge is 2.28. The Morgan fingerprint density at radius 1 is 1.35 bits per heavy atom. The Hall–Kier alpha value is -0.380. The molecule has 2 nitrogen and oxygen atoms in total. The number of hydrogen-bond donors (Lipinski definition) is 1. The lowest BCUT2D eigenvalue weighted by molar-refractivity contribution is 0.102. The molecule has 0 aliphatic rings. The SMILES string of the molecule is CCc1ccc(C(CN)N(C)C(C)(C)CC)s1. The Morgan fingerprint density at radius 3 is 2.41 bits per heavy atom. The number of nitrogens with two attached hydrogens (primary N) is 1. The number of thiophene rings is 1. The maximum atomic E-state index is 5.97. The van der Waals surface area contributed by atoms with Crippen LogP contribution < -0.4 is 5.73 Å². The third kappa shape index (κ3) is 3.30. The molecule has 0 radical (unpaired) electrons. The van der Waals surface area contributed by atoms with Gasteiger partial charge in [-0.2, -0.15) is 0 Å². The zero-order valence-electron chi connectivity index (χ0n) is 11.8. The van der Waals surface area contributed by atoms with Crippen LogP contribution in [0.25, 0.3) is 0 Å². The van der Waals surface area contributed by atoms with Gasteiger partial charge in [0.05, 0.1) is 6.04 Å². The summed E-state index contributed by atoms with van der Waals surface area (Å²) in [4.78, 5) is 5.26. The first-order valence-electron chi connectivity index (χ1n) is 6.47. The Kier molecular flexibility index (Phi) is 5.17. The first-order valence-corrected chi connectivity index (χ1v) is 7.29. The minimum absolute atomic E-state index is 0.195. The van der Waals surface area contributed by atoms with Crippen LogP contribution >= 0.6 is 11.3 Å². The summed E-state index contributed by atoms with van der Waals surface area (Å²) in [5, 5.41) is 0. The molecule has 0 spiro atoms. The van der Waals surface area contributed by atoms with E-state index < -0.39 is 0 Å². The highest BCUT2D eigenvalue weighted by Crippen LogP contribution is 2.32. The van der Waals surface area contributed by atoms with Crippen LogP contribution in [-0.2, 0) is 6.42 Å². The van der Waals surface area contributed by atoms with E-state index in [0.29, 0.717) is 12.6 Å². The first-order chi connectivity index (χ1) is 7.96. The molecule has 0 aliphatic carbocycles. The number of likely N-dealkylation sites (N-methyl/N-ethyl adjacent to an activating group) is 1. The van der Waals surface area contributed by atoms with Gasteiger partial charge < -0.3 is 5.73 Å². The van der Waals surface area contributed by atoms with E-state index in [0.717, 1.165) is 12.8 Å². The van der Waals surface area contributed by atoms with Crippen LogP contribution in [0.15, 0.2) is 12.1 Å². The molecule has 3 heteroatoms. The van der Waals surface area contributed by atoms with E-state index in [1.165, 1.54) is 9.75 Å². The van der Waals surface area contributed by atoms with E-state index >= 15 is 0 Å². The van der Waals surface area contributed by atoms with Gasteiger partial charge in [-0.3, -0.25) is 4.90 Å². The van der Waals surface area contributed by atoms with E-state index in [9.17, 15) is 0 Å². The van der Waals surface area contributed by atoms with Crippen LogP contribution in [0.4, 0.5) is 0 Å². The number of nitrogens with zero attached hydrogens (tertiary/aromatic N) is 1. The molecule has 2 N–H and O–H groups in total. The van der Waals surface area contributed by atoms with E-state index in [1.807, 2.05) is 11.3 Å². The molecule has 1 aromatic heterocycles. The Labute approximate surface area is 110 Å². The molecule has 0 bridgehead atoms. The van der Waals surface area contributed by atoms with E-state index in [4.69, 9.17) is 5.73 Å². The summed E-state index contributed by atoms with van der Waals surface area (Å²) in [6.45, 7) is 9.68. The number of hydrogen-bond acceptors (Lipinski definition) is 3. The zero-order valence-corrected chi connectivity index (χ0v) is 12.6. The minimum Gasteiger partial charge on any atom is -0.329 e. The highest BCUT2D eigenvalue weighted by atomic mass is 32.1. The van der Waals surface area contributed by atoms with Crippen LogP contribution in [0.1, 0.15) is 49.9 Å². The third-order valence-electron chi connectivity index (χ3n) is 3.87. The maximum Gasteiger partial charge on any atom is 0.0566 e. The van der Waals surface area contributed by atoms with Gasteiger partial charge in [0.15, 0.2) is 0 Å². The molecule has 0 fully saturated rings. The summed E-state index contributed by atoms with van der Waals surface area (Å²) < 4.78 is 0. The largest absolute Gasteiger partial charge is 0.329 e. The lowest BCUT2D eigenvalue weighted by Gasteiger charge is -2.40. The lowest BCUT2D eigenvalue weighted by atomic mass is 9.97. The topological polar surface area (TPSA) is 29.3 Å². The van der Waals surface area contributed by atoms with Crippen molar-refractivity contribution in [3.63, 3.8) is 0 Å². The molecule has 17 heavy (non-hydrogen) atoms. The average Bonchev–Trinajstić information content (AvgIpc) is 2.78. The van der Waals surface area contributed by atoms with E-state index in [1.54, 1.807) is 0 Å². The predicted octanol–water partition coefficient (Wildman–Crippen LogP) is 3.43. The van der Waals surface area contributed by atoms with Gasteiger partial charge in [0, 0.05) is 21.8 Å². The molecule has 1 unspecified atom stereocenters. The molecule has 1 atom stereocenters. The second-order valence-corrected chi connectivity index (χ2v) is 6.39. The quantitative estimate of drug-likeness (QED) is 0.842. The van der Waals surface area contributed by atoms with Gasteiger partial charge in [-0.25, -0.2) is 0 Å². The monoisotopic (exact) mass is 254 g/mol. The van der Waals surface area contributed by atoms with Crippen molar-refractivity contribution in [2.24, 2.45) is 5.73 Å². The van der Waals surface area contributed by atoms with Gasteiger partial charge in [-0.05, 0) is 45.9 Å². The molecule has 0 saturated heterocycles. The van der Waals surface area contributed by atoms with Crippen LogP contribution in [0.2, 0.25) is 0 Å². The van der Waals surface area contributed by atoms with E-state index in [-0.39, 0.29) is 5.54 Å². The van der Waals surface area contributed by atoms with Crippen molar-refractivity contribution in [2.45, 2.75) is 52.1 Å². The Morgan fingerprint density at radius 2 is 2.00 bits per heavy atom. The van der Waals surface area contributed by atoms with Crippen molar-refractivity contribution >= 4 is 11.3 Å². The predicted molar refractivity (Wildman–Crippen MR) is 77.6 cm³/mol. The molecular weight excluding hydrogens is 228 g/mol. The molecule has 98 valence electrons. The highest BCUT2D eigenvalue weighted by molar-refractivity contribution is 7.12. The number of rotatable bonds is 6. The molecule has 0 amide bonds. The lowest BCUT2D eigenvalue weighted by Crippen LogP contribution is -2.45. The van der Waals surface area contributed by atoms with Gasteiger partial charge in [0.2, 0.25) is 0 Å².